The Morgan fingerprint density at radius 3 is 2.61 bits per heavy atom. The number of hydrogen-bond acceptors (Lipinski definition) is 11. The van der Waals surface area contributed by atoms with E-state index in [0.717, 1.165) is 16.8 Å². The molecule has 2 N–H and O–H groups in total. The number of ether oxygens (including phenoxy) is 3. The molecule has 0 aliphatic heterocycles. The summed E-state index contributed by atoms with van der Waals surface area (Å²) < 4.78 is 21.6. The lowest BCUT2D eigenvalue weighted by atomic mass is 10.2. The Morgan fingerprint density at radius 1 is 1.15 bits per heavy atom. The van der Waals surface area contributed by atoms with Gasteiger partial charge in [-0.25, -0.2) is 4.79 Å². The molecule has 0 saturated heterocycles. The molecule has 2 aromatic heterocycles. The van der Waals surface area contributed by atoms with E-state index in [0.29, 0.717) is 29.8 Å². The van der Waals surface area contributed by atoms with E-state index >= 15 is 0 Å². The SMILES string of the molecule is COc1cc(/C=C/C(=O)OCc2nc(N)nc(N(C)C)n2)ccc1OCc1c(C)noc1C. The van der Waals surface area contributed by atoms with E-state index in [2.05, 4.69) is 20.1 Å². The van der Waals surface area contributed by atoms with Crippen molar-refractivity contribution >= 4 is 23.9 Å². The fourth-order valence-electron chi connectivity index (χ4n) is 2.80. The smallest absolute Gasteiger partial charge is 0.331 e. The second kappa shape index (κ2) is 10.4. The van der Waals surface area contributed by atoms with E-state index in [-0.39, 0.29) is 18.4 Å². The molecule has 0 aliphatic rings. The summed E-state index contributed by atoms with van der Waals surface area (Å²) in [6, 6.07) is 5.31. The van der Waals surface area contributed by atoms with E-state index in [9.17, 15) is 4.79 Å². The van der Waals surface area contributed by atoms with Crippen LogP contribution in [-0.4, -0.2) is 47.3 Å². The first-order chi connectivity index (χ1) is 15.8. The fraction of sp³-hybridized carbons (Fsp3) is 0.318. The van der Waals surface area contributed by atoms with Gasteiger partial charge < -0.3 is 29.4 Å². The minimum atomic E-state index is -0.557. The third-order valence-electron chi connectivity index (χ3n) is 4.58. The van der Waals surface area contributed by atoms with E-state index in [1.165, 1.54) is 6.08 Å². The van der Waals surface area contributed by atoms with Gasteiger partial charge in [0.2, 0.25) is 11.9 Å². The number of rotatable bonds is 9. The van der Waals surface area contributed by atoms with Crippen molar-refractivity contribution in [2.24, 2.45) is 0 Å². The highest BCUT2D eigenvalue weighted by molar-refractivity contribution is 5.87. The summed E-state index contributed by atoms with van der Waals surface area (Å²) in [5, 5.41) is 3.92. The van der Waals surface area contributed by atoms with Crippen LogP contribution in [0.1, 0.15) is 28.4 Å². The molecule has 0 bridgehead atoms. The topological polar surface area (TPSA) is 139 Å². The minimum Gasteiger partial charge on any atom is -0.493 e. The van der Waals surface area contributed by atoms with Gasteiger partial charge in [0.25, 0.3) is 0 Å². The molecular weight excluding hydrogens is 428 g/mol. The van der Waals surface area contributed by atoms with Crippen LogP contribution < -0.4 is 20.1 Å². The number of hydrogen-bond donors (Lipinski definition) is 1. The quantitative estimate of drug-likeness (QED) is 0.377. The second-order valence-electron chi connectivity index (χ2n) is 7.25. The second-order valence-corrected chi connectivity index (χ2v) is 7.25. The molecular formula is C22H26N6O5. The summed E-state index contributed by atoms with van der Waals surface area (Å²) in [6.45, 7) is 3.86. The maximum absolute atomic E-state index is 12.1. The van der Waals surface area contributed by atoms with Gasteiger partial charge in [0, 0.05) is 20.2 Å². The third-order valence-corrected chi connectivity index (χ3v) is 4.58. The van der Waals surface area contributed by atoms with Gasteiger partial charge in [-0.2, -0.15) is 15.0 Å². The van der Waals surface area contributed by atoms with Crippen LogP contribution in [0.2, 0.25) is 0 Å². The monoisotopic (exact) mass is 454 g/mol. The van der Waals surface area contributed by atoms with Crippen molar-refractivity contribution in [2.75, 3.05) is 31.8 Å². The molecule has 3 aromatic rings. The summed E-state index contributed by atoms with van der Waals surface area (Å²) in [5.74, 6) is 1.93. The lowest BCUT2D eigenvalue weighted by Crippen LogP contribution is -2.17. The zero-order chi connectivity index (χ0) is 24.0. The Hall–Kier alpha value is -4.15. The van der Waals surface area contributed by atoms with Gasteiger partial charge in [-0.15, -0.1) is 0 Å². The van der Waals surface area contributed by atoms with Crippen molar-refractivity contribution in [1.82, 2.24) is 20.1 Å². The van der Waals surface area contributed by atoms with Crippen molar-refractivity contribution in [2.45, 2.75) is 27.1 Å². The van der Waals surface area contributed by atoms with Crippen LogP contribution >= 0.6 is 0 Å². The average molecular weight is 454 g/mol. The molecule has 0 aliphatic carbocycles. The number of nitrogen functional groups attached to an aromatic ring is 1. The van der Waals surface area contributed by atoms with E-state index < -0.39 is 5.97 Å². The molecule has 11 nitrogen and oxygen atoms in total. The van der Waals surface area contributed by atoms with Gasteiger partial charge in [-0.05, 0) is 37.6 Å². The first-order valence-electron chi connectivity index (χ1n) is 10.0. The molecule has 11 heteroatoms. The van der Waals surface area contributed by atoms with Crippen molar-refractivity contribution in [3.8, 4) is 11.5 Å². The van der Waals surface area contributed by atoms with Crippen LogP contribution in [-0.2, 0) is 22.7 Å². The molecule has 0 atom stereocenters. The molecule has 0 spiro atoms. The van der Waals surface area contributed by atoms with Crippen LogP contribution in [0.15, 0.2) is 28.8 Å². The minimum absolute atomic E-state index is 0.0547. The zero-order valence-electron chi connectivity index (χ0n) is 19.2. The van der Waals surface area contributed by atoms with Crippen LogP contribution in [0.4, 0.5) is 11.9 Å². The third kappa shape index (κ3) is 6.19. The number of benzene rings is 1. The largest absolute Gasteiger partial charge is 0.493 e. The summed E-state index contributed by atoms with van der Waals surface area (Å²) in [5.41, 5.74) is 8.07. The molecule has 0 saturated carbocycles. The maximum atomic E-state index is 12.1. The number of methoxy groups -OCH3 is 1. The van der Waals surface area contributed by atoms with Gasteiger partial charge in [0.15, 0.2) is 23.9 Å². The highest BCUT2D eigenvalue weighted by Crippen LogP contribution is 2.30. The summed E-state index contributed by atoms with van der Waals surface area (Å²) in [6.07, 6.45) is 2.91. The predicted molar refractivity (Wildman–Crippen MR) is 121 cm³/mol. The van der Waals surface area contributed by atoms with Crippen LogP contribution in [0.3, 0.4) is 0 Å². The zero-order valence-corrected chi connectivity index (χ0v) is 19.2. The number of esters is 1. The standard InChI is InChI=1S/C22H26N6O5/c1-13-16(14(2)33-27-13)11-31-17-8-6-15(10-18(17)30-5)7-9-20(29)32-12-19-24-21(23)26-22(25-19)28(3)4/h6-10H,11-12H2,1-5H3,(H2,23,24,25,26)/b9-7+. The van der Waals surface area contributed by atoms with Crippen molar-refractivity contribution in [3.63, 3.8) is 0 Å². The fourth-order valence-corrected chi connectivity index (χ4v) is 2.80. The molecule has 0 fully saturated rings. The number of carbonyl (C=O) groups is 1. The Balaban J connectivity index is 1.61. The number of nitrogens with zero attached hydrogens (tertiary/aromatic N) is 5. The number of aryl methyl sites for hydroxylation is 2. The Bertz CT molecular complexity index is 1140. The van der Waals surface area contributed by atoms with Crippen LogP contribution in [0.25, 0.3) is 6.08 Å². The molecule has 0 amide bonds. The lowest BCUT2D eigenvalue weighted by molar-refractivity contribution is -0.139. The van der Waals surface area contributed by atoms with Gasteiger partial charge in [0.05, 0.1) is 18.4 Å². The van der Waals surface area contributed by atoms with Crippen molar-refractivity contribution in [1.29, 1.82) is 0 Å². The van der Waals surface area contributed by atoms with Crippen molar-refractivity contribution in [3.05, 3.63) is 52.7 Å². The number of anilines is 2. The van der Waals surface area contributed by atoms with Crippen LogP contribution in [0, 0.1) is 13.8 Å². The first-order valence-corrected chi connectivity index (χ1v) is 10.0. The molecule has 1 aromatic carbocycles. The average Bonchev–Trinajstić information content (AvgIpc) is 3.11. The summed E-state index contributed by atoms with van der Waals surface area (Å²) in [4.78, 5) is 25.9. The highest BCUT2D eigenvalue weighted by Gasteiger charge is 2.12. The number of aromatic nitrogens is 4. The highest BCUT2D eigenvalue weighted by atomic mass is 16.5. The molecule has 0 radical (unpaired) electrons. The molecule has 33 heavy (non-hydrogen) atoms. The number of carbonyl (C=O) groups excluding carboxylic acids is 1. The van der Waals surface area contributed by atoms with E-state index in [1.54, 1.807) is 50.4 Å². The lowest BCUT2D eigenvalue weighted by Gasteiger charge is -2.11. The number of nitrogens with two attached hydrogens (primary N) is 1. The van der Waals surface area contributed by atoms with Gasteiger partial charge in [-0.3, -0.25) is 0 Å². The molecule has 2 heterocycles. The maximum Gasteiger partial charge on any atom is 0.331 e. The summed E-state index contributed by atoms with van der Waals surface area (Å²) >= 11 is 0. The molecule has 3 rings (SSSR count). The Labute approximate surface area is 191 Å². The van der Waals surface area contributed by atoms with Gasteiger partial charge >= 0.3 is 5.97 Å². The van der Waals surface area contributed by atoms with E-state index in [4.69, 9.17) is 24.5 Å². The van der Waals surface area contributed by atoms with E-state index in [1.807, 2.05) is 13.8 Å². The Kier molecular flexibility index (Phi) is 7.44. The van der Waals surface area contributed by atoms with Gasteiger partial charge in [0.1, 0.15) is 12.4 Å². The first kappa shape index (κ1) is 23.5. The normalized spacial score (nSPS) is 10.9. The predicted octanol–water partition coefficient (Wildman–Crippen LogP) is 2.47. The molecule has 0 unspecified atom stereocenters. The molecule has 174 valence electrons. The summed E-state index contributed by atoms with van der Waals surface area (Å²) in [7, 11) is 5.09. The van der Waals surface area contributed by atoms with Gasteiger partial charge in [-0.1, -0.05) is 11.2 Å². The van der Waals surface area contributed by atoms with Crippen LogP contribution in [0.5, 0.6) is 11.5 Å². The van der Waals surface area contributed by atoms with Crippen molar-refractivity contribution < 1.29 is 23.5 Å². The Morgan fingerprint density at radius 2 is 1.94 bits per heavy atom.